The Hall–Kier alpha value is -2.53. The van der Waals surface area contributed by atoms with Crippen molar-refractivity contribution in [3.8, 4) is 17.1 Å². The lowest BCUT2D eigenvalue weighted by Crippen LogP contribution is -2.01. The van der Waals surface area contributed by atoms with Crippen LogP contribution in [0.15, 0.2) is 66.3 Å². The molecule has 25 heavy (non-hydrogen) atoms. The van der Waals surface area contributed by atoms with Gasteiger partial charge in [0, 0.05) is 17.9 Å². The summed E-state index contributed by atoms with van der Waals surface area (Å²) in [6.07, 6.45) is 1.88. The lowest BCUT2D eigenvalue weighted by molar-refractivity contribution is 0.414. The maximum Gasteiger partial charge on any atom is 0.192 e. The minimum atomic E-state index is 0.678. The van der Waals surface area contributed by atoms with E-state index in [0.717, 1.165) is 28.0 Å². The number of methoxy groups -OCH3 is 1. The molecule has 0 spiro atoms. The summed E-state index contributed by atoms with van der Waals surface area (Å²) in [7, 11) is 1.68. The monoisotopic (exact) mass is 351 g/mol. The molecule has 0 radical (unpaired) electrons. The zero-order chi connectivity index (χ0) is 17.6. The molecule has 128 valence electrons. The Labute approximate surface area is 152 Å². The molecule has 0 aliphatic rings. The number of ether oxygens (including phenoxy) is 1. The Morgan fingerprint density at radius 1 is 1.16 bits per heavy atom. The summed E-state index contributed by atoms with van der Waals surface area (Å²) in [5.74, 6) is 2.55. The zero-order valence-corrected chi connectivity index (χ0v) is 15.3. The third-order valence-corrected chi connectivity index (χ3v) is 4.95. The predicted octanol–water partition coefficient (Wildman–Crippen LogP) is 4.74. The molecule has 0 amide bonds. The molecule has 3 rings (SSSR count). The highest BCUT2D eigenvalue weighted by Crippen LogP contribution is 2.28. The molecule has 0 N–H and O–H groups in total. The number of rotatable bonds is 7. The van der Waals surface area contributed by atoms with Crippen molar-refractivity contribution in [2.24, 2.45) is 0 Å². The summed E-state index contributed by atoms with van der Waals surface area (Å²) in [4.78, 5) is 0. The minimum Gasteiger partial charge on any atom is -0.497 e. The van der Waals surface area contributed by atoms with Gasteiger partial charge in [-0.05, 0) is 30.2 Å². The van der Waals surface area contributed by atoms with Gasteiger partial charge in [0.2, 0.25) is 0 Å². The van der Waals surface area contributed by atoms with Crippen LogP contribution >= 0.6 is 11.8 Å². The van der Waals surface area contributed by atoms with Gasteiger partial charge in [-0.25, -0.2) is 0 Å². The summed E-state index contributed by atoms with van der Waals surface area (Å²) in [6, 6.07) is 16.3. The molecule has 0 aliphatic carbocycles. The third-order valence-electron chi connectivity index (χ3n) is 3.92. The van der Waals surface area contributed by atoms with E-state index in [1.165, 1.54) is 11.1 Å². The van der Waals surface area contributed by atoms with Gasteiger partial charge in [-0.15, -0.1) is 16.8 Å². The molecule has 0 aliphatic heterocycles. The van der Waals surface area contributed by atoms with Crippen LogP contribution in [-0.4, -0.2) is 21.9 Å². The first kappa shape index (κ1) is 17.3. The summed E-state index contributed by atoms with van der Waals surface area (Å²) in [5, 5.41) is 9.73. The lowest BCUT2D eigenvalue weighted by atomic mass is 10.1. The van der Waals surface area contributed by atoms with Crippen molar-refractivity contribution in [1.82, 2.24) is 14.8 Å². The molecule has 3 aromatic rings. The van der Waals surface area contributed by atoms with Crippen LogP contribution in [0.4, 0.5) is 0 Å². The molecular formula is C20H21N3OS. The first-order chi connectivity index (χ1) is 12.2. The Balaban J connectivity index is 1.86. The number of nitrogens with zero attached hydrogens (tertiary/aromatic N) is 3. The quantitative estimate of drug-likeness (QED) is 0.455. The molecule has 0 fully saturated rings. The van der Waals surface area contributed by atoms with Gasteiger partial charge in [0.1, 0.15) is 5.75 Å². The predicted molar refractivity (Wildman–Crippen MR) is 103 cm³/mol. The van der Waals surface area contributed by atoms with Crippen molar-refractivity contribution in [3.63, 3.8) is 0 Å². The van der Waals surface area contributed by atoms with Crippen LogP contribution in [-0.2, 0) is 12.3 Å². The maximum absolute atomic E-state index is 5.29. The van der Waals surface area contributed by atoms with Gasteiger partial charge in [0.25, 0.3) is 0 Å². The number of hydrogen-bond acceptors (Lipinski definition) is 4. The van der Waals surface area contributed by atoms with Crippen LogP contribution in [0.2, 0.25) is 0 Å². The van der Waals surface area contributed by atoms with Crippen molar-refractivity contribution in [2.75, 3.05) is 7.11 Å². The highest BCUT2D eigenvalue weighted by molar-refractivity contribution is 7.98. The van der Waals surface area contributed by atoms with Crippen LogP contribution in [0.3, 0.4) is 0 Å². The van der Waals surface area contributed by atoms with Crippen LogP contribution in [0.1, 0.15) is 11.1 Å². The number of benzene rings is 2. The molecule has 1 heterocycles. The van der Waals surface area contributed by atoms with Crippen molar-refractivity contribution in [1.29, 1.82) is 0 Å². The topological polar surface area (TPSA) is 39.9 Å². The Bertz CT molecular complexity index is 873. The van der Waals surface area contributed by atoms with Crippen LogP contribution in [0.5, 0.6) is 5.75 Å². The summed E-state index contributed by atoms with van der Waals surface area (Å²) >= 11 is 1.67. The second kappa shape index (κ2) is 8.03. The van der Waals surface area contributed by atoms with Crippen LogP contribution < -0.4 is 4.74 Å². The first-order valence-corrected chi connectivity index (χ1v) is 9.07. The van der Waals surface area contributed by atoms with Gasteiger partial charge >= 0.3 is 0 Å². The van der Waals surface area contributed by atoms with E-state index >= 15 is 0 Å². The normalized spacial score (nSPS) is 10.6. The number of allylic oxidation sites excluding steroid dienone is 1. The lowest BCUT2D eigenvalue weighted by Gasteiger charge is -2.09. The van der Waals surface area contributed by atoms with Gasteiger partial charge in [-0.1, -0.05) is 54.2 Å². The van der Waals surface area contributed by atoms with Crippen LogP contribution in [0.25, 0.3) is 11.4 Å². The van der Waals surface area contributed by atoms with E-state index in [0.29, 0.717) is 6.54 Å². The number of hydrogen-bond donors (Lipinski definition) is 0. The average Bonchev–Trinajstić information content (AvgIpc) is 3.03. The molecular weight excluding hydrogens is 330 g/mol. The van der Waals surface area contributed by atoms with Gasteiger partial charge in [0.15, 0.2) is 11.0 Å². The van der Waals surface area contributed by atoms with Crippen LogP contribution in [0, 0.1) is 6.92 Å². The van der Waals surface area contributed by atoms with Gasteiger partial charge in [-0.2, -0.15) is 0 Å². The van der Waals surface area contributed by atoms with Crippen molar-refractivity contribution in [2.45, 2.75) is 24.4 Å². The highest BCUT2D eigenvalue weighted by Gasteiger charge is 2.15. The van der Waals surface area contributed by atoms with E-state index in [1.807, 2.05) is 36.4 Å². The Morgan fingerprint density at radius 3 is 2.76 bits per heavy atom. The second-order valence-electron chi connectivity index (χ2n) is 5.66. The summed E-state index contributed by atoms with van der Waals surface area (Å²) in [5.41, 5.74) is 3.48. The smallest absolute Gasteiger partial charge is 0.192 e. The first-order valence-electron chi connectivity index (χ1n) is 8.08. The summed E-state index contributed by atoms with van der Waals surface area (Å²) < 4.78 is 7.40. The molecule has 0 atom stereocenters. The second-order valence-corrected chi connectivity index (χ2v) is 6.60. The molecule has 4 nitrogen and oxygen atoms in total. The Kier molecular flexibility index (Phi) is 5.56. The Morgan fingerprint density at radius 2 is 2.00 bits per heavy atom. The van der Waals surface area contributed by atoms with E-state index in [9.17, 15) is 0 Å². The molecule has 5 heteroatoms. The van der Waals surface area contributed by atoms with E-state index in [4.69, 9.17) is 4.74 Å². The molecule has 0 saturated carbocycles. The number of aromatic nitrogens is 3. The summed E-state index contributed by atoms with van der Waals surface area (Å²) in [6.45, 7) is 6.64. The van der Waals surface area contributed by atoms with E-state index in [-0.39, 0.29) is 0 Å². The van der Waals surface area contributed by atoms with Crippen molar-refractivity contribution < 1.29 is 4.74 Å². The average molecular weight is 351 g/mol. The fourth-order valence-corrected chi connectivity index (χ4v) is 3.51. The van der Waals surface area contributed by atoms with Crippen molar-refractivity contribution in [3.05, 3.63) is 72.3 Å². The maximum atomic E-state index is 5.29. The third kappa shape index (κ3) is 3.94. The van der Waals surface area contributed by atoms with E-state index in [1.54, 1.807) is 18.9 Å². The van der Waals surface area contributed by atoms with Crippen molar-refractivity contribution >= 4 is 11.8 Å². The highest BCUT2D eigenvalue weighted by atomic mass is 32.2. The molecule has 1 aromatic heterocycles. The molecule has 0 unspecified atom stereocenters. The fraction of sp³-hybridized carbons (Fsp3) is 0.200. The minimum absolute atomic E-state index is 0.678. The largest absolute Gasteiger partial charge is 0.497 e. The van der Waals surface area contributed by atoms with E-state index in [2.05, 4.69) is 46.5 Å². The van der Waals surface area contributed by atoms with Gasteiger partial charge < -0.3 is 4.74 Å². The number of aryl methyl sites for hydroxylation is 1. The van der Waals surface area contributed by atoms with Gasteiger partial charge in [-0.3, -0.25) is 4.57 Å². The standard InChI is InChI=1S/C20H21N3OS/c1-4-12-23-19(18-11-6-5-8-15(18)2)21-22-20(23)25-14-16-9-7-10-17(13-16)24-3/h4-11,13H,1,12,14H2,2-3H3. The zero-order valence-electron chi connectivity index (χ0n) is 14.5. The number of thioether (sulfide) groups is 1. The van der Waals surface area contributed by atoms with Gasteiger partial charge in [0.05, 0.1) is 7.11 Å². The molecule has 0 bridgehead atoms. The molecule has 0 saturated heterocycles. The fourth-order valence-electron chi connectivity index (χ4n) is 2.62. The van der Waals surface area contributed by atoms with E-state index < -0.39 is 0 Å². The molecule has 2 aromatic carbocycles. The SMILES string of the molecule is C=CCn1c(SCc2cccc(OC)c2)nnc1-c1ccccc1C.